The van der Waals surface area contributed by atoms with Gasteiger partial charge in [-0.05, 0) is 30.7 Å². The van der Waals surface area contributed by atoms with E-state index in [1.54, 1.807) is 12.3 Å². The van der Waals surface area contributed by atoms with E-state index in [-0.39, 0.29) is 11.7 Å². The molecule has 1 aromatic carbocycles. The van der Waals surface area contributed by atoms with Crippen LogP contribution in [0.2, 0.25) is 0 Å². The van der Waals surface area contributed by atoms with Crippen LogP contribution in [0.1, 0.15) is 17.1 Å². The van der Waals surface area contributed by atoms with Crippen LogP contribution >= 0.6 is 11.6 Å². The Kier molecular flexibility index (Phi) is 3.40. The van der Waals surface area contributed by atoms with Crippen LogP contribution in [0.3, 0.4) is 0 Å². The van der Waals surface area contributed by atoms with E-state index in [2.05, 4.69) is 9.97 Å². The van der Waals surface area contributed by atoms with Crippen LogP contribution in [-0.4, -0.2) is 14.5 Å². The van der Waals surface area contributed by atoms with E-state index in [1.165, 1.54) is 12.1 Å². The summed E-state index contributed by atoms with van der Waals surface area (Å²) in [6, 6.07) is 8.51. The number of aryl methyl sites for hydroxylation is 1. The number of imidazole rings is 1. The minimum absolute atomic E-state index is 0.280. The Morgan fingerprint density at radius 1 is 1.30 bits per heavy atom. The highest BCUT2D eigenvalue weighted by Crippen LogP contribution is 2.20. The molecule has 0 unspecified atom stereocenters. The van der Waals surface area contributed by atoms with E-state index in [4.69, 9.17) is 11.6 Å². The summed E-state index contributed by atoms with van der Waals surface area (Å²) in [6.07, 6.45) is 1.77. The van der Waals surface area contributed by atoms with E-state index in [0.29, 0.717) is 12.1 Å². The summed E-state index contributed by atoms with van der Waals surface area (Å²) < 4.78 is 15.3. The van der Waals surface area contributed by atoms with Crippen molar-refractivity contribution in [2.75, 3.05) is 0 Å². The highest BCUT2D eigenvalue weighted by Gasteiger charge is 2.12. The highest BCUT2D eigenvalue weighted by atomic mass is 35.5. The summed E-state index contributed by atoms with van der Waals surface area (Å²) in [4.78, 5) is 8.77. The Morgan fingerprint density at radius 3 is 2.90 bits per heavy atom. The van der Waals surface area contributed by atoms with E-state index in [0.717, 1.165) is 22.6 Å². The Balaban J connectivity index is 2.12. The number of hydrogen-bond acceptors (Lipinski definition) is 2. The molecule has 20 heavy (non-hydrogen) atoms. The predicted octanol–water partition coefficient (Wildman–Crippen LogP) is 3.67. The van der Waals surface area contributed by atoms with Crippen molar-refractivity contribution in [3.05, 3.63) is 59.4 Å². The molecule has 0 atom stereocenters. The maximum Gasteiger partial charge on any atom is 0.125 e. The second-order valence-corrected chi connectivity index (χ2v) is 4.92. The first-order valence-corrected chi connectivity index (χ1v) is 6.83. The molecule has 5 heteroatoms. The summed E-state index contributed by atoms with van der Waals surface area (Å²) in [5.74, 6) is 0.706. The molecular weight excluding hydrogens is 277 g/mol. The van der Waals surface area contributed by atoms with Gasteiger partial charge in [-0.15, -0.1) is 11.6 Å². The van der Waals surface area contributed by atoms with Gasteiger partial charge in [-0.25, -0.2) is 9.37 Å². The molecule has 3 nitrogen and oxygen atoms in total. The van der Waals surface area contributed by atoms with Gasteiger partial charge in [-0.1, -0.05) is 6.07 Å². The fourth-order valence-electron chi connectivity index (χ4n) is 2.26. The standard InChI is InChI=1S/C15H13ClFN3/c1-10-3-2-6-18-13(10)9-20-14-5-4-11(17)7-12(14)19-15(20)8-16/h2-7H,8-9H2,1H3. The molecule has 0 saturated carbocycles. The van der Waals surface area contributed by atoms with Crippen molar-refractivity contribution >= 4 is 22.6 Å². The number of rotatable bonds is 3. The molecule has 0 aliphatic heterocycles. The number of alkyl halides is 1. The van der Waals surface area contributed by atoms with Crippen LogP contribution in [0, 0.1) is 12.7 Å². The Hall–Kier alpha value is -1.94. The van der Waals surface area contributed by atoms with Crippen LogP contribution in [0.25, 0.3) is 11.0 Å². The van der Waals surface area contributed by atoms with E-state index in [9.17, 15) is 4.39 Å². The molecule has 0 radical (unpaired) electrons. The fraction of sp³-hybridized carbons (Fsp3) is 0.200. The smallest absolute Gasteiger partial charge is 0.125 e. The Labute approximate surface area is 121 Å². The first kappa shape index (κ1) is 13.1. The number of pyridine rings is 1. The number of halogens is 2. The van der Waals surface area contributed by atoms with Gasteiger partial charge in [-0.3, -0.25) is 4.98 Å². The molecule has 0 fully saturated rings. The van der Waals surface area contributed by atoms with Gasteiger partial charge in [0.2, 0.25) is 0 Å². The van der Waals surface area contributed by atoms with E-state index in [1.807, 2.05) is 23.6 Å². The van der Waals surface area contributed by atoms with Crippen molar-refractivity contribution in [2.24, 2.45) is 0 Å². The molecule has 2 aromatic heterocycles. The largest absolute Gasteiger partial charge is 0.321 e. The third-order valence-corrected chi connectivity index (χ3v) is 3.57. The number of fused-ring (bicyclic) bond motifs is 1. The van der Waals surface area contributed by atoms with Crippen LogP contribution in [-0.2, 0) is 12.4 Å². The molecule has 0 spiro atoms. The summed E-state index contributed by atoms with van der Waals surface area (Å²) >= 11 is 5.95. The number of benzene rings is 1. The van der Waals surface area contributed by atoms with Crippen LogP contribution in [0.4, 0.5) is 4.39 Å². The van der Waals surface area contributed by atoms with Gasteiger partial charge in [0.15, 0.2) is 0 Å². The normalized spacial score (nSPS) is 11.2. The lowest BCUT2D eigenvalue weighted by Crippen LogP contribution is -2.06. The van der Waals surface area contributed by atoms with Gasteiger partial charge < -0.3 is 4.57 Å². The lowest BCUT2D eigenvalue weighted by atomic mass is 10.2. The van der Waals surface area contributed by atoms with E-state index < -0.39 is 0 Å². The minimum atomic E-state index is -0.294. The Morgan fingerprint density at radius 2 is 2.15 bits per heavy atom. The first-order valence-electron chi connectivity index (χ1n) is 6.30. The molecule has 0 N–H and O–H groups in total. The predicted molar refractivity (Wildman–Crippen MR) is 77.3 cm³/mol. The second kappa shape index (κ2) is 5.21. The van der Waals surface area contributed by atoms with Crippen LogP contribution < -0.4 is 0 Å². The third kappa shape index (κ3) is 2.27. The molecule has 0 bridgehead atoms. The topological polar surface area (TPSA) is 30.7 Å². The number of hydrogen-bond donors (Lipinski definition) is 0. The van der Waals surface area contributed by atoms with Crippen molar-refractivity contribution in [3.8, 4) is 0 Å². The van der Waals surface area contributed by atoms with Crippen LogP contribution in [0.15, 0.2) is 36.5 Å². The molecule has 0 aliphatic rings. The van der Waals surface area contributed by atoms with Gasteiger partial charge in [0, 0.05) is 12.3 Å². The molecule has 3 aromatic rings. The lowest BCUT2D eigenvalue weighted by molar-refractivity contribution is 0.629. The molecule has 0 amide bonds. The highest BCUT2D eigenvalue weighted by molar-refractivity contribution is 6.16. The number of aromatic nitrogens is 3. The van der Waals surface area contributed by atoms with Crippen LogP contribution in [0.5, 0.6) is 0 Å². The average Bonchev–Trinajstić information content (AvgIpc) is 2.78. The summed E-state index contributed by atoms with van der Waals surface area (Å²) in [5, 5.41) is 0. The summed E-state index contributed by atoms with van der Waals surface area (Å²) in [7, 11) is 0. The molecule has 102 valence electrons. The van der Waals surface area contributed by atoms with Crippen molar-refractivity contribution < 1.29 is 4.39 Å². The van der Waals surface area contributed by atoms with Gasteiger partial charge in [0.25, 0.3) is 0 Å². The van der Waals surface area contributed by atoms with Gasteiger partial charge in [-0.2, -0.15) is 0 Å². The maximum absolute atomic E-state index is 13.3. The zero-order valence-electron chi connectivity index (χ0n) is 11.0. The molecule has 0 aliphatic carbocycles. The molecule has 2 heterocycles. The van der Waals surface area contributed by atoms with E-state index >= 15 is 0 Å². The number of nitrogens with zero attached hydrogens (tertiary/aromatic N) is 3. The fourth-order valence-corrected chi connectivity index (χ4v) is 2.47. The zero-order valence-corrected chi connectivity index (χ0v) is 11.7. The van der Waals surface area contributed by atoms with Gasteiger partial charge in [0.1, 0.15) is 11.6 Å². The average molecular weight is 290 g/mol. The lowest BCUT2D eigenvalue weighted by Gasteiger charge is -2.09. The summed E-state index contributed by atoms with van der Waals surface area (Å²) in [6.45, 7) is 2.60. The monoisotopic (exact) mass is 289 g/mol. The van der Waals surface area contributed by atoms with Crippen molar-refractivity contribution in [1.82, 2.24) is 14.5 Å². The molecule has 0 saturated heterocycles. The zero-order chi connectivity index (χ0) is 14.1. The van der Waals surface area contributed by atoms with Crippen molar-refractivity contribution in [1.29, 1.82) is 0 Å². The maximum atomic E-state index is 13.3. The summed E-state index contributed by atoms with van der Waals surface area (Å²) in [5.41, 5.74) is 3.56. The second-order valence-electron chi connectivity index (χ2n) is 4.65. The Bertz CT molecular complexity index is 767. The minimum Gasteiger partial charge on any atom is -0.321 e. The van der Waals surface area contributed by atoms with Gasteiger partial charge in [0.05, 0.1) is 29.2 Å². The quantitative estimate of drug-likeness (QED) is 0.689. The van der Waals surface area contributed by atoms with Crippen molar-refractivity contribution in [2.45, 2.75) is 19.3 Å². The molecule has 3 rings (SSSR count). The third-order valence-electron chi connectivity index (χ3n) is 3.33. The molecular formula is C15H13ClFN3. The van der Waals surface area contributed by atoms with Gasteiger partial charge >= 0.3 is 0 Å². The first-order chi connectivity index (χ1) is 9.69. The van der Waals surface area contributed by atoms with Crippen molar-refractivity contribution in [3.63, 3.8) is 0 Å². The SMILES string of the molecule is Cc1cccnc1Cn1c(CCl)nc2cc(F)ccc21.